The Morgan fingerprint density at radius 3 is 2.48 bits per heavy atom. The maximum atomic E-state index is 6.01. The van der Waals surface area contributed by atoms with E-state index in [1.807, 2.05) is 71.8 Å². The van der Waals surface area contributed by atoms with Crippen LogP contribution in [0.15, 0.2) is 67.1 Å². The van der Waals surface area contributed by atoms with Crippen molar-refractivity contribution in [3.05, 3.63) is 77.7 Å². The molecule has 5 heteroatoms. The minimum absolute atomic E-state index is 0.625. The van der Waals surface area contributed by atoms with Crippen LogP contribution in [0.2, 0.25) is 5.02 Å². The Labute approximate surface area is 138 Å². The van der Waals surface area contributed by atoms with Crippen molar-refractivity contribution in [3.8, 4) is 11.4 Å². The molecule has 4 nitrogen and oxygen atoms in total. The Bertz CT molecular complexity index is 946. The van der Waals surface area contributed by atoms with Crippen molar-refractivity contribution in [1.82, 2.24) is 19.7 Å². The SMILES string of the molecule is Clc1ccc2c(cnn2Cc2cnc(-c3ccccc3)nc2)c1. The molecule has 0 fully saturated rings. The largest absolute Gasteiger partial charge is 0.260 e. The third kappa shape index (κ3) is 2.81. The molecule has 0 aliphatic heterocycles. The maximum Gasteiger partial charge on any atom is 0.159 e. The topological polar surface area (TPSA) is 43.6 Å². The molecule has 0 radical (unpaired) electrons. The Morgan fingerprint density at radius 2 is 1.70 bits per heavy atom. The molecule has 0 saturated carbocycles. The summed E-state index contributed by atoms with van der Waals surface area (Å²) in [5.74, 6) is 0.728. The molecule has 0 aliphatic rings. The molecule has 2 heterocycles. The summed E-state index contributed by atoms with van der Waals surface area (Å²) >= 11 is 6.01. The minimum atomic E-state index is 0.625. The highest BCUT2D eigenvalue weighted by atomic mass is 35.5. The summed E-state index contributed by atoms with van der Waals surface area (Å²) in [6.07, 6.45) is 5.51. The predicted octanol–water partition coefficient (Wildman–Crippen LogP) is 4.20. The van der Waals surface area contributed by atoms with Gasteiger partial charge in [0, 0.05) is 33.9 Å². The number of hydrogen-bond acceptors (Lipinski definition) is 3. The van der Waals surface area contributed by atoms with Gasteiger partial charge in [-0.15, -0.1) is 0 Å². The van der Waals surface area contributed by atoms with E-state index in [-0.39, 0.29) is 0 Å². The molecule has 0 atom stereocenters. The van der Waals surface area contributed by atoms with E-state index in [4.69, 9.17) is 11.6 Å². The fourth-order valence-corrected chi connectivity index (χ4v) is 2.71. The predicted molar refractivity (Wildman–Crippen MR) is 91.3 cm³/mol. The van der Waals surface area contributed by atoms with Gasteiger partial charge in [0.1, 0.15) is 0 Å². The third-order valence-corrected chi connectivity index (χ3v) is 3.91. The number of hydrogen-bond donors (Lipinski definition) is 0. The summed E-state index contributed by atoms with van der Waals surface area (Å²) in [6.45, 7) is 0.625. The van der Waals surface area contributed by atoms with E-state index in [1.54, 1.807) is 0 Å². The van der Waals surface area contributed by atoms with E-state index < -0.39 is 0 Å². The Hall–Kier alpha value is -2.72. The van der Waals surface area contributed by atoms with E-state index in [0.29, 0.717) is 11.6 Å². The molecule has 0 saturated heterocycles. The molecule has 2 aromatic carbocycles. The van der Waals surface area contributed by atoms with Crippen molar-refractivity contribution >= 4 is 22.5 Å². The lowest BCUT2D eigenvalue weighted by Crippen LogP contribution is -2.03. The van der Waals surface area contributed by atoms with Crippen LogP contribution in [0.3, 0.4) is 0 Å². The number of rotatable bonds is 3. The van der Waals surface area contributed by atoms with E-state index >= 15 is 0 Å². The Kier molecular flexibility index (Phi) is 3.52. The van der Waals surface area contributed by atoms with Crippen LogP contribution in [-0.4, -0.2) is 19.7 Å². The average Bonchev–Trinajstić information content (AvgIpc) is 2.98. The molecule has 0 spiro atoms. The van der Waals surface area contributed by atoms with Gasteiger partial charge in [-0.2, -0.15) is 5.10 Å². The summed E-state index contributed by atoms with van der Waals surface area (Å²) in [6, 6.07) is 15.7. The van der Waals surface area contributed by atoms with Crippen LogP contribution in [-0.2, 0) is 6.54 Å². The number of nitrogens with zero attached hydrogens (tertiary/aromatic N) is 4. The molecule has 0 N–H and O–H groups in total. The van der Waals surface area contributed by atoms with Crippen LogP contribution in [0.25, 0.3) is 22.3 Å². The highest BCUT2D eigenvalue weighted by molar-refractivity contribution is 6.31. The number of fused-ring (bicyclic) bond motifs is 1. The van der Waals surface area contributed by atoms with Gasteiger partial charge < -0.3 is 0 Å². The van der Waals surface area contributed by atoms with Gasteiger partial charge in [-0.05, 0) is 18.2 Å². The van der Waals surface area contributed by atoms with Gasteiger partial charge in [0.25, 0.3) is 0 Å². The van der Waals surface area contributed by atoms with Crippen molar-refractivity contribution in [3.63, 3.8) is 0 Å². The van der Waals surface area contributed by atoms with Crippen LogP contribution in [0.4, 0.5) is 0 Å². The zero-order valence-electron chi connectivity index (χ0n) is 12.2. The quantitative estimate of drug-likeness (QED) is 0.568. The van der Waals surface area contributed by atoms with Crippen LogP contribution in [0, 0.1) is 0 Å². The lowest BCUT2D eigenvalue weighted by molar-refractivity contribution is 0.707. The minimum Gasteiger partial charge on any atom is -0.260 e. The lowest BCUT2D eigenvalue weighted by atomic mass is 10.2. The summed E-state index contributed by atoms with van der Waals surface area (Å²) in [5.41, 5.74) is 3.06. The number of aromatic nitrogens is 4. The smallest absolute Gasteiger partial charge is 0.159 e. The second kappa shape index (κ2) is 5.82. The monoisotopic (exact) mass is 320 g/mol. The molecule has 2 aromatic heterocycles. The Balaban J connectivity index is 1.61. The number of benzene rings is 2. The van der Waals surface area contributed by atoms with E-state index in [2.05, 4.69) is 15.1 Å². The molecule has 0 amide bonds. The maximum absolute atomic E-state index is 6.01. The first-order chi connectivity index (χ1) is 11.3. The lowest BCUT2D eigenvalue weighted by Gasteiger charge is -2.05. The molecule has 0 bridgehead atoms. The van der Waals surface area contributed by atoms with Crippen molar-refractivity contribution in [2.75, 3.05) is 0 Å². The molecule has 112 valence electrons. The molecule has 0 aliphatic carbocycles. The normalized spacial score (nSPS) is 11.0. The van der Waals surface area contributed by atoms with Crippen LogP contribution < -0.4 is 0 Å². The highest BCUT2D eigenvalue weighted by Gasteiger charge is 2.06. The van der Waals surface area contributed by atoms with E-state index in [0.717, 1.165) is 27.9 Å². The Morgan fingerprint density at radius 1 is 0.913 bits per heavy atom. The van der Waals surface area contributed by atoms with Crippen LogP contribution in [0.1, 0.15) is 5.56 Å². The third-order valence-electron chi connectivity index (χ3n) is 3.67. The van der Waals surface area contributed by atoms with Crippen molar-refractivity contribution in [2.24, 2.45) is 0 Å². The first-order valence-corrected chi connectivity index (χ1v) is 7.65. The van der Waals surface area contributed by atoms with Crippen molar-refractivity contribution in [1.29, 1.82) is 0 Å². The molecule has 4 aromatic rings. The van der Waals surface area contributed by atoms with E-state index in [1.165, 1.54) is 0 Å². The van der Waals surface area contributed by atoms with Crippen molar-refractivity contribution < 1.29 is 0 Å². The summed E-state index contributed by atoms with van der Waals surface area (Å²) < 4.78 is 1.92. The van der Waals surface area contributed by atoms with Crippen LogP contribution in [0.5, 0.6) is 0 Å². The second-order valence-corrected chi connectivity index (χ2v) is 5.72. The van der Waals surface area contributed by atoms with Crippen molar-refractivity contribution in [2.45, 2.75) is 6.54 Å². The fourth-order valence-electron chi connectivity index (χ4n) is 2.53. The van der Waals surface area contributed by atoms with Gasteiger partial charge in [0.15, 0.2) is 5.82 Å². The molecular weight excluding hydrogens is 308 g/mol. The zero-order chi connectivity index (χ0) is 15.6. The molecule has 0 unspecified atom stereocenters. The fraction of sp³-hybridized carbons (Fsp3) is 0.0556. The van der Waals surface area contributed by atoms with Crippen LogP contribution >= 0.6 is 11.6 Å². The summed E-state index contributed by atoms with van der Waals surface area (Å²) in [5, 5.41) is 6.16. The van der Waals surface area contributed by atoms with Gasteiger partial charge >= 0.3 is 0 Å². The first kappa shape index (κ1) is 13.9. The summed E-state index contributed by atoms with van der Waals surface area (Å²) in [4.78, 5) is 8.90. The van der Waals surface area contributed by atoms with Gasteiger partial charge in [-0.25, -0.2) is 9.97 Å². The molecule has 4 rings (SSSR count). The molecule has 23 heavy (non-hydrogen) atoms. The standard InChI is InChI=1S/C18H13ClN4/c19-16-6-7-17-15(8-16)11-22-23(17)12-13-9-20-18(21-10-13)14-4-2-1-3-5-14/h1-11H,12H2. The number of halogens is 1. The summed E-state index contributed by atoms with van der Waals surface area (Å²) in [7, 11) is 0. The zero-order valence-corrected chi connectivity index (χ0v) is 13.0. The van der Waals surface area contributed by atoms with Gasteiger partial charge in [-0.3, -0.25) is 4.68 Å². The second-order valence-electron chi connectivity index (χ2n) is 5.29. The van der Waals surface area contributed by atoms with E-state index in [9.17, 15) is 0 Å². The average molecular weight is 321 g/mol. The van der Waals surface area contributed by atoms with Gasteiger partial charge in [-0.1, -0.05) is 41.9 Å². The van der Waals surface area contributed by atoms with Gasteiger partial charge in [0.2, 0.25) is 0 Å². The molecular formula is C18H13ClN4. The van der Waals surface area contributed by atoms with Gasteiger partial charge in [0.05, 0.1) is 18.3 Å². The first-order valence-electron chi connectivity index (χ1n) is 7.27. The highest BCUT2D eigenvalue weighted by Crippen LogP contribution is 2.20.